The van der Waals surface area contributed by atoms with E-state index in [4.69, 9.17) is 14.2 Å². The predicted molar refractivity (Wildman–Crippen MR) is 219 cm³/mol. The Morgan fingerprint density at radius 1 is 0.423 bits per heavy atom. The number of hydrogen-bond donors (Lipinski definition) is 0. The Balaban J connectivity index is 4.54. The second kappa shape index (κ2) is 40.4. The van der Waals surface area contributed by atoms with Crippen LogP contribution in [-0.4, -0.2) is 37.2 Å². The van der Waals surface area contributed by atoms with Crippen LogP contribution in [-0.2, 0) is 28.6 Å². The van der Waals surface area contributed by atoms with Gasteiger partial charge in [-0.3, -0.25) is 14.4 Å². The van der Waals surface area contributed by atoms with E-state index in [1.54, 1.807) is 0 Å². The van der Waals surface area contributed by atoms with E-state index in [1.165, 1.54) is 38.5 Å². The predicted octanol–water partition coefficient (Wildman–Crippen LogP) is 12.9. The third-order valence-electron chi connectivity index (χ3n) is 8.27. The van der Waals surface area contributed by atoms with Gasteiger partial charge < -0.3 is 14.2 Å². The smallest absolute Gasteiger partial charge is 0.306 e. The van der Waals surface area contributed by atoms with Crippen molar-refractivity contribution in [2.45, 2.75) is 175 Å². The normalized spacial score (nSPS) is 12.9. The number of unbranched alkanes of at least 4 members (excludes halogenated alkanes) is 14. The van der Waals surface area contributed by atoms with Crippen molar-refractivity contribution >= 4 is 17.9 Å². The SMILES string of the molecule is CC\C=C/C=C\C=C/C=C\C=C/CCCC(=O)OCC(COC(=O)CCCCCCCCCCC)OC(=O)CCCCCCC/C=C\C/C=C\CC. The van der Waals surface area contributed by atoms with E-state index in [1.807, 2.05) is 54.7 Å². The van der Waals surface area contributed by atoms with E-state index in [0.717, 1.165) is 83.5 Å². The van der Waals surface area contributed by atoms with Gasteiger partial charge in [0.1, 0.15) is 13.2 Å². The van der Waals surface area contributed by atoms with E-state index >= 15 is 0 Å². The topological polar surface area (TPSA) is 78.9 Å². The second-order valence-electron chi connectivity index (χ2n) is 13.3. The lowest BCUT2D eigenvalue weighted by Crippen LogP contribution is -2.30. The van der Waals surface area contributed by atoms with Crippen LogP contribution >= 0.6 is 0 Å². The highest BCUT2D eigenvalue weighted by atomic mass is 16.6. The van der Waals surface area contributed by atoms with Gasteiger partial charge in [0.15, 0.2) is 6.10 Å². The highest BCUT2D eigenvalue weighted by Gasteiger charge is 2.19. The van der Waals surface area contributed by atoms with Gasteiger partial charge in [0.25, 0.3) is 0 Å². The molecule has 294 valence electrons. The molecule has 0 saturated carbocycles. The van der Waals surface area contributed by atoms with E-state index in [-0.39, 0.29) is 37.5 Å². The summed E-state index contributed by atoms with van der Waals surface area (Å²) < 4.78 is 16.5. The number of ether oxygens (including phenoxy) is 3. The van der Waals surface area contributed by atoms with E-state index in [2.05, 4.69) is 51.2 Å². The van der Waals surface area contributed by atoms with Crippen molar-refractivity contribution in [3.63, 3.8) is 0 Å². The molecule has 1 atom stereocenters. The van der Waals surface area contributed by atoms with Crippen LogP contribution in [0.4, 0.5) is 0 Å². The van der Waals surface area contributed by atoms with Crippen LogP contribution in [0, 0.1) is 0 Å². The minimum absolute atomic E-state index is 0.105. The molecule has 0 heterocycles. The first-order valence-corrected chi connectivity index (χ1v) is 20.7. The summed E-state index contributed by atoms with van der Waals surface area (Å²) in [6, 6.07) is 0. The van der Waals surface area contributed by atoms with Crippen molar-refractivity contribution in [3.05, 3.63) is 85.1 Å². The van der Waals surface area contributed by atoms with Crippen LogP contribution < -0.4 is 0 Å². The van der Waals surface area contributed by atoms with E-state index < -0.39 is 6.10 Å². The molecule has 0 saturated heterocycles. The van der Waals surface area contributed by atoms with Gasteiger partial charge in [0, 0.05) is 19.3 Å². The first kappa shape index (κ1) is 48.6. The van der Waals surface area contributed by atoms with Crippen molar-refractivity contribution in [2.75, 3.05) is 13.2 Å². The van der Waals surface area contributed by atoms with Crippen molar-refractivity contribution in [1.82, 2.24) is 0 Å². The van der Waals surface area contributed by atoms with Crippen LogP contribution in [0.25, 0.3) is 0 Å². The van der Waals surface area contributed by atoms with Crippen LogP contribution in [0.1, 0.15) is 168 Å². The molecule has 0 aliphatic heterocycles. The number of allylic oxidation sites excluding steroid dienone is 14. The number of esters is 3. The van der Waals surface area contributed by atoms with Gasteiger partial charge in [-0.1, -0.05) is 176 Å². The lowest BCUT2D eigenvalue weighted by molar-refractivity contribution is -0.167. The maximum atomic E-state index is 12.6. The van der Waals surface area contributed by atoms with Gasteiger partial charge in [-0.2, -0.15) is 0 Å². The van der Waals surface area contributed by atoms with Gasteiger partial charge in [0.05, 0.1) is 0 Å². The Morgan fingerprint density at radius 3 is 1.44 bits per heavy atom. The maximum Gasteiger partial charge on any atom is 0.306 e. The second-order valence-corrected chi connectivity index (χ2v) is 13.3. The first-order valence-electron chi connectivity index (χ1n) is 20.7. The fourth-order valence-electron chi connectivity index (χ4n) is 5.21. The zero-order chi connectivity index (χ0) is 38.0. The summed E-state index contributed by atoms with van der Waals surface area (Å²) in [6.45, 7) is 6.25. The van der Waals surface area contributed by atoms with Crippen molar-refractivity contribution < 1.29 is 28.6 Å². The zero-order valence-corrected chi connectivity index (χ0v) is 33.3. The summed E-state index contributed by atoms with van der Waals surface area (Å²) in [5.74, 6) is -1.01. The molecule has 0 bridgehead atoms. The minimum atomic E-state index is -0.807. The highest BCUT2D eigenvalue weighted by molar-refractivity contribution is 5.71. The van der Waals surface area contributed by atoms with Crippen LogP contribution in [0.2, 0.25) is 0 Å². The number of carbonyl (C=O) groups excluding carboxylic acids is 3. The molecule has 6 nitrogen and oxygen atoms in total. The van der Waals surface area contributed by atoms with Crippen LogP contribution in [0.5, 0.6) is 0 Å². The molecule has 0 N–H and O–H groups in total. The van der Waals surface area contributed by atoms with Crippen molar-refractivity contribution in [2.24, 2.45) is 0 Å². The summed E-state index contributed by atoms with van der Waals surface area (Å²) >= 11 is 0. The van der Waals surface area contributed by atoms with E-state index in [9.17, 15) is 14.4 Å². The summed E-state index contributed by atoms with van der Waals surface area (Å²) in [6.07, 6.45) is 50.0. The first-order chi connectivity index (χ1) is 25.5. The van der Waals surface area contributed by atoms with Crippen molar-refractivity contribution in [3.8, 4) is 0 Å². The molecule has 0 rings (SSSR count). The summed E-state index contributed by atoms with van der Waals surface area (Å²) in [4.78, 5) is 37.5. The Bertz CT molecular complexity index is 1060. The number of hydrogen-bond acceptors (Lipinski definition) is 6. The Morgan fingerprint density at radius 2 is 0.865 bits per heavy atom. The molecular weight excluding hydrogens is 648 g/mol. The van der Waals surface area contributed by atoms with Gasteiger partial charge in [-0.25, -0.2) is 0 Å². The monoisotopic (exact) mass is 723 g/mol. The molecule has 0 aliphatic carbocycles. The molecular formula is C46H74O6. The molecule has 0 radical (unpaired) electrons. The van der Waals surface area contributed by atoms with E-state index in [0.29, 0.717) is 19.3 Å². The molecule has 0 aliphatic rings. The maximum absolute atomic E-state index is 12.6. The average molecular weight is 723 g/mol. The Labute approximate surface area is 318 Å². The molecule has 0 spiro atoms. The Hall–Kier alpha value is -3.41. The highest BCUT2D eigenvalue weighted by Crippen LogP contribution is 2.12. The van der Waals surface area contributed by atoms with Gasteiger partial charge in [0.2, 0.25) is 0 Å². The molecule has 0 amide bonds. The van der Waals surface area contributed by atoms with Crippen LogP contribution in [0.3, 0.4) is 0 Å². The lowest BCUT2D eigenvalue weighted by atomic mass is 10.1. The standard InChI is InChI=1S/C46H74O6/c1-4-7-10-13-16-19-21-23-25-27-30-33-36-39-45(48)51-42-43(41-50-44(47)38-35-32-29-26-18-15-12-9-6-3)52-46(49)40-37-34-31-28-24-22-20-17-14-11-8-5-2/h7-8,10-11,13,16-17,19-21,23,25,27,30,43H,4-6,9,12,14-15,18,22,24,26,28-29,31-42H2,1-3H3/b10-7-,11-8-,16-13-,20-17-,21-19-,25-23-,30-27-. The third kappa shape index (κ3) is 37.8. The molecule has 0 aromatic rings. The molecule has 52 heavy (non-hydrogen) atoms. The zero-order valence-electron chi connectivity index (χ0n) is 33.3. The van der Waals surface area contributed by atoms with Crippen LogP contribution in [0.15, 0.2) is 85.1 Å². The third-order valence-corrected chi connectivity index (χ3v) is 8.27. The van der Waals surface area contributed by atoms with Gasteiger partial charge in [-0.05, 0) is 57.8 Å². The van der Waals surface area contributed by atoms with Crippen molar-refractivity contribution in [1.29, 1.82) is 0 Å². The van der Waals surface area contributed by atoms with Gasteiger partial charge >= 0.3 is 17.9 Å². The molecule has 0 fully saturated rings. The van der Waals surface area contributed by atoms with Gasteiger partial charge in [-0.15, -0.1) is 0 Å². The fourth-order valence-corrected chi connectivity index (χ4v) is 5.21. The number of rotatable bonds is 35. The fraction of sp³-hybridized carbons (Fsp3) is 0.630. The lowest BCUT2D eigenvalue weighted by Gasteiger charge is -2.18. The molecule has 0 aromatic heterocycles. The quantitative estimate of drug-likeness (QED) is 0.0213. The minimum Gasteiger partial charge on any atom is -0.462 e. The average Bonchev–Trinajstić information content (AvgIpc) is 3.14. The Kier molecular flexibility index (Phi) is 37.7. The molecule has 0 aromatic carbocycles. The molecule has 1 unspecified atom stereocenters. The summed E-state index contributed by atoms with van der Waals surface area (Å²) in [7, 11) is 0. The molecule has 6 heteroatoms. The summed E-state index contributed by atoms with van der Waals surface area (Å²) in [5.41, 5.74) is 0. The number of carbonyl (C=O) groups is 3. The summed E-state index contributed by atoms with van der Waals surface area (Å²) in [5, 5.41) is 0. The largest absolute Gasteiger partial charge is 0.462 e.